The molecule has 2 aromatic carbocycles. The Morgan fingerprint density at radius 2 is 1.77 bits per heavy atom. The highest BCUT2D eigenvalue weighted by Gasteiger charge is 2.31. The van der Waals surface area contributed by atoms with E-state index in [2.05, 4.69) is 0 Å². The van der Waals surface area contributed by atoms with E-state index in [0.29, 0.717) is 27.2 Å². The number of benzene rings is 2. The minimum absolute atomic E-state index is 0.163. The van der Waals surface area contributed by atoms with Gasteiger partial charge in [0.15, 0.2) is 5.43 Å². The zero-order valence-electron chi connectivity index (χ0n) is 13.8. The van der Waals surface area contributed by atoms with Crippen molar-refractivity contribution in [2.24, 2.45) is 0 Å². The van der Waals surface area contributed by atoms with Crippen LogP contribution in [0.5, 0.6) is 0 Å². The molecule has 2 amide bonds. The van der Waals surface area contributed by atoms with Crippen molar-refractivity contribution in [1.29, 1.82) is 0 Å². The first-order chi connectivity index (χ1) is 12.5. The van der Waals surface area contributed by atoms with E-state index in [1.54, 1.807) is 24.3 Å². The molecule has 0 aliphatic carbocycles. The van der Waals surface area contributed by atoms with Crippen molar-refractivity contribution < 1.29 is 14.0 Å². The molecular weight excluding hydrogens is 350 g/mol. The first-order valence-electron chi connectivity index (χ1n) is 7.88. The zero-order chi connectivity index (χ0) is 18.3. The van der Waals surface area contributed by atoms with Crippen molar-refractivity contribution in [1.82, 2.24) is 4.90 Å². The van der Waals surface area contributed by atoms with Crippen molar-refractivity contribution in [3.05, 3.63) is 75.3 Å². The van der Waals surface area contributed by atoms with E-state index in [-0.39, 0.29) is 16.6 Å². The van der Waals surface area contributed by atoms with Crippen molar-refractivity contribution in [2.75, 3.05) is 7.05 Å². The SMILES string of the molecule is CN1C(=O)S/C(=C/c2ccc3oc(-c4ccccc4)cc(=O)c3c2)C1=O. The average molecular weight is 363 g/mol. The maximum Gasteiger partial charge on any atom is 0.293 e. The summed E-state index contributed by atoms with van der Waals surface area (Å²) in [6.45, 7) is 0. The molecule has 0 bridgehead atoms. The van der Waals surface area contributed by atoms with Crippen molar-refractivity contribution in [3.8, 4) is 11.3 Å². The fraction of sp³-hybridized carbons (Fsp3) is 0.0500. The van der Waals surface area contributed by atoms with E-state index in [1.807, 2.05) is 30.3 Å². The molecule has 26 heavy (non-hydrogen) atoms. The lowest BCUT2D eigenvalue weighted by atomic mass is 10.1. The molecule has 6 heteroatoms. The van der Waals surface area contributed by atoms with Gasteiger partial charge in [-0.3, -0.25) is 19.3 Å². The van der Waals surface area contributed by atoms with Crippen LogP contribution in [-0.4, -0.2) is 23.1 Å². The van der Waals surface area contributed by atoms with Gasteiger partial charge in [-0.05, 0) is 35.5 Å². The highest BCUT2D eigenvalue weighted by atomic mass is 32.2. The number of fused-ring (bicyclic) bond motifs is 1. The smallest absolute Gasteiger partial charge is 0.293 e. The van der Waals surface area contributed by atoms with Crippen LogP contribution in [0.4, 0.5) is 4.79 Å². The Labute approximate surface area is 152 Å². The fourth-order valence-electron chi connectivity index (χ4n) is 2.71. The van der Waals surface area contributed by atoms with Gasteiger partial charge in [-0.1, -0.05) is 36.4 Å². The number of carbonyl (C=O) groups excluding carboxylic acids is 2. The number of thioether (sulfide) groups is 1. The molecule has 3 aromatic rings. The molecule has 2 heterocycles. The van der Waals surface area contributed by atoms with Gasteiger partial charge in [-0.25, -0.2) is 0 Å². The second-order valence-electron chi connectivity index (χ2n) is 5.84. The Kier molecular flexibility index (Phi) is 3.97. The van der Waals surface area contributed by atoms with E-state index in [9.17, 15) is 14.4 Å². The predicted molar refractivity (Wildman–Crippen MR) is 102 cm³/mol. The van der Waals surface area contributed by atoms with Crippen LogP contribution in [0.2, 0.25) is 0 Å². The quantitative estimate of drug-likeness (QED) is 0.641. The molecule has 0 N–H and O–H groups in total. The van der Waals surface area contributed by atoms with E-state index < -0.39 is 0 Å². The second-order valence-corrected chi connectivity index (χ2v) is 6.83. The van der Waals surface area contributed by atoms with Gasteiger partial charge in [0, 0.05) is 18.7 Å². The Hall–Kier alpha value is -3.12. The van der Waals surface area contributed by atoms with Gasteiger partial charge in [0.1, 0.15) is 11.3 Å². The van der Waals surface area contributed by atoms with Gasteiger partial charge in [0.2, 0.25) is 0 Å². The minimum atomic E-state index is -0.341. The molecule has 1 aliphatic rings. The summed E-state index contributed by atoms with van der Waals surface area (Å²) in [4.78, 5) is 37.5. The van der Waals surface area contributed by atoms with E-state index in [0.717, 1.165) is 22.2 Å². The van der Waals surface area contributed by atoms with Gasteiger partial charge >= 0.3 is 0 Å². The zero-order valence-corrected chi connectivity index (χ0v) is 14.6. The summed E-state index contributed by atoms with van der Waals surface area (Å²) in [5, 5.41) is 0.114. The number of hydrogen-bond donors (Lipinski definition) is 0. The lowest BCUT2D eigenvalue weighted by Gasteiger charge is -2.04. The summed E-state index contributed by atoms with van der Waals surface area (Å²) in [5.41, 5.74) is 1.80. The predicted octanol–water partition coefficient (Wildman–Crippen LogP) is 4.13. The number of amides is 2. The molecule has 1 fully saturated rings. The minimum Gasteiger partial charge on any atom is -0.456 e. The molecule has 5 nitrogen and oxygen atoms in total. The third kappa shape index (κ3) is 2.84. The summed E-state index contributed by atoms with van der Waals surface area (Å²) in [5.74, 6) is 0.162. The summed E-state index contributed by atoms with van der Waals surface area (Å²) >= 11 is 0.883. The highest BCUT2D eigenvalue weighted by molar-refractivity contribution is 8.18. The average Bonchev–Trinajstić information content (AvgIpc) is 2.89. The first kappa shape index (κ1) is 16.4. The maximum absolute atomic E-state index is 12.5. The monoisotopic (exact) mass is 363 g/mol. The van der Waals surface area contributed by atoms with Gasteiger partial charge in [-0.2, -0.15) is 0 Å². The molecule has 0 unspecified atom stereocenters. The molecule has 0 radical (unpaired) electrons. The van der Waals surface area contributed by atoms with E-state index >= 15 is 0 Å². The molecule has 0 saturated carbocycles. The van der Waals surface area contributed by atoms with Crippen molar-refractivity contribution in [2.45, 2.75) is 0 Å². The van der Waals surface area contributed by atoms with Crippen LogP contribution < -0.4 is 5.43 Å². The largest absolute Gasteiger partial charge is 0.456 e. The topological polar surface area (TPSA) is 67.6 Å². The molecular formula is C20H13NO4S. The van der Waals surface area contributed by atoms with Gasteiger partial charge < -0.3 is 4.42 Å². The van der Waals surface area contributed by atoms with E-state index in [1.165, 1.54) is 13.1 Å². The van der Waals surface area contributed by atoms with Crippen molar-refractivity contribution in [3.63, 3.8) is 0 Å². The summed E-state index contributed by atoms with van der Waals surface area (Å²) in [7, 11) is 1.44. The first-order valence-corrected chi connectivity index (χ1v) is 8.69. The Balaban J connectivity index is 1.77. The van der Waals surface area contributed by atoms with Gasteiger partial charge in [-0.15, -0.1) is 0 Å². The normalized spacial score (nSPS) is 16.0. The highest BCUT2D eigenvalue weighted by Crippen LogP contribution is 2.31. The number of carbonyl (C=O) groups is 2. The third-order valence-corrected chi connectivity index (χ3v) is 5.05. The summed E-state index contributed by atoms with van der Waals surface area (Å²) in [6, 6.07) is 16.0. The Morgan fingerprint density at radius 3 is 2.46 bits per heavy atom. The number of likely N-dealkylation sites (N-methyl/N-ethyl adjacent to an activating group) is 1. The third-order valence-electron chi connectivity index (χ3n) is 4.09. The van der Waals surface area contributed by atoms with Crippen LogP contribution in [0, 0.1) is 0 Å². The second kappa shape index (κ2) is 6.31. The van der Waals surface area contributed by atoms with E-state index in [4.69, 9.17) is 4.42 Å². The maximum atomic E-state index is 12.5. The van der Waals surface area contributed by atoms with Gasteiger partial charge in [0.25, 0.3) is 11.1 Å². The van der Waals surface area contributed by atoms with Crippen LogP contribution in [0.3, 0.4) is 0 Å². The lowest BCUT2D eigenvalue weighted by Crippen LogP contribution is -2.22. The molecule has 1 aliphatic heterocycles. The Morgan fingerprint density at radius 1 is 1.00 bits per heavy atom. The molecule has 1 saturated heterocycles. The Bertz CT molecular complexity index is 1130. The van der Waals surface area contributed by atoms with Crippen LogP contribution in [0.1, 0.15) is 5.56 Å². The van der Waals surface area contributed by atoms with Crippen LogP contribution in [-0.2, 0) is 4.79 Å². The fourth-order valence-corrected chi connectivity index (χ4v) is 3.53. The molecule has 4 rings (SSSR count). The van der Waals surface area contributed by atoms with Crippen LogP contribution >= 0.6 is 11.8 Å². The summed E-state index contributed by atoms with van der Waals surface area (Å²) in [6.07, 6.45) is 1.61. The summed E-state index contributed by atoms with van der Waals surface area (Å²) < 4.78 is 5.85. The lowest BCUT2D eigenvalue weighted by molar-refractivity contribution is -0.121. The van der Waals surface area contributed by atoms with Crippen molar-refractivity contribution >= 4 is 40.0 Å². The molecule has 0 atom stereocenters. The molecule has 1 aromatic heterocycles. The standard InChI is InChI=1S/C20H13NO4S/c1-21-19(23)18(26-20(21)24)10-12-7-8-16-14(9-12)15(22)11-17(25-16)13-5-3-2-4-6-13/h2-11H,1H3/b18-10+. The molecule has 128 valence electrons. The molecule has 0 spiro atoms. The number of nitrogens with zero attached hydrogens (tertiary/aromatic N) is 1. The number of hydrogen-bond acceptors (Lipinski definition) is 5. The number of imide groups is 1. The van der Waals surface area contributed by atoms with Gasteiger partial charge in [0.05, 0.1) is 10.3 Å². The number of rotatable bonds is 2. The van der Waals surface area contributed by atoms with Crippen LogP contribution in [0.15, 0.2) is 68.7 Å². The van der Waals surface area contributed by atoms with Crippen LogP contribution in [0.25, 0.3) is 28.4 Å².